The van der Waals surface area contributed by atoms with E-state index >= 15 is 0 Å². The van der Waals surface area contributed by atoms with Gasteiger partial charge >= 0.3 is 6.03 Å². The molecule has 1 saturated heterocycles. The fourth-order valence-electron chi connectivity index (χ4n) is 2.67. The lowest BCUT2D eigenvalue weighted by Crippen LogP contribution is -2.56. The predicted octanol–water partition coefficient (Wildman–Crippen LogP) is 1.31. The molecule has 0 aromatic carbocycles. The van der Waals surface area contributed by atoms with E-state index in [9.17, 15) is 4.79 Å². The summed E-state index contributed by atoms with van der Waals surface area (Å²) in [5.41, 5.74) is 5.78. The highest BCUT2D eigenvalue weighted by Gasteiger charge is 2.32. The minimum Gasteiger partial charge on any atom is -0.335 e. The van der Waals surface area contributed by atoms with Gasteiger partial charge < -0.3 is 16.0 Å². The second kappa shape index (κ2) is 5.04. The smallest absolute Gasteiger partial charge is 0.317 e. The molecule has 2 rings (SSSR count). The van der Waals surface area contributed by atoms with Gasteiger partial charge in [0.05, 0.1) is 0 Å². The van der Waals surface area contributed by atoms with Gasteiger partial charge in [-0.3, -0.25) is 0 Å². The number of nitrogens with one attached hydrogen (secondary N) is 1. The molecule has 2 atom stereocenters. The Labute approximate surface area is 97.6 Å². The van der Waals surface area contributed by atoms with Crippen LogP contribution in [0.3, 0.4) is 0 Å². The van der Waals surface area contributed by atoms with Crippen molar-refractivity contribution in [3.8, 4) is 0 Å². The average Bonchev–Trinajstić information content (AvgIpc) is 2.22. The van der Waals surface area contributed by atoms with Gasteiger partial charge in [-0.2, -0.15) is 0 Å². The summed E-state index contributed by atoms with van der Waals surface area (Å²) < 4.78 is 0. The van der Waals surface area contributed by atoms with Crippen molar-refractivity contribution in [2.75, 3.05) is 13.1 Å². The predicted molar refractivity (Wildman–Crippen MR) is 64.1 cm³/mol. The zero-order chi connectivity index (χ0) is 11.5. The Balaban J connectivity index is 1.91. The SMILES string of the molecule is CC1CCCN(C(=O)NC2CCC2)C1CN. The van der Waals surface area contributed by atoms with E-state index in [1.807, 2.05) is 4.90 Å². The number of carbonyl (C=O) groups is 1. The molecule has 2 fully saturated rings. The van der Waals surface area contributed by atoms with Crippen molar-refractivity contribution < 1.29 is 4.79 Å². The molecule has 0 aromatic heterocycles. The maximum absolute atomic E-state index is 12.1. The van der Waals surface area contributed by atoms with Crippen molar-refractivity contribution in [2.45, 2.75) is 51.1 Å². The molecule has 1 aliphatic carbocycles. The quantitative estimate of drug-likeness (QED) is 0.744. The van der Waals surface area contributed by atoms with Gasteiger partial charge in [0, 0.05) is 25.2 Å². The van der Waals surface area contributed by atoms with Crippen LogP contribution in [0, 0.1) is 5.92 Å². The third kappa shape index (κ3) is 2.32. The van der Waals surface area contributed by atoms with Crippen molar-refractivity contribution in [2.24, 2.45) is 11.7 Å². The van der Waals surface area contributed by atoms with E-state index < -0.39 is 0 Å². The Morgan fingerprint density at radius 3 is 2.69 bits per heavy atom. The molecule has 3 N–H and O–H groups in total. The van der Waals surface area contributed by atoms with Crippen molar-refractivity contribution in [1.82, 2.24) is 10.2 Å². The highest BCUT2D eigenvalue weighted by atomic mass is 16.2. The Kier molecular flexibility index (Phi) is 3.69. The molecule has 1 heterocycles. The number of nitrogens with two attached hydrogens (primary N) is 1. The third-order valence-corrected chi connectivity index (χ3v) is 4.05. The lowest BCUT2D eigenvalue weighted by molar-refractivity contribution is 0.117. The summed E-state index contributed by atoms with van der Waals surface area (Å²) in [7, 11) is 0. The Bertz CT molecular complexity index is 253. The molecule has 0 radical (unpaired) electrons. The summed E-state index contributed by atoms with van der Waals surface area (Å²) in [4.78, 5) is 14.0. The summed E-state index contributed by atoms with van der Waals surface area (Å²) in [5.74, 6) is 0.533. The number of carbonyl (C=O) groups excluding carboxylic acids is 1. The minimum atomic E-state index is 0.103. The van der Waals surface area contributed by atoms with Crippen LogP contribution in [-0.4, -0.2) is 36.1 Å². The second-order valence-electron chi connectivity index (χ2n) is 5.19. The maximum Gasteiger partial charge on any atom is 0.317 e. The van der Waals surface area contributed by atoms with E-state index in [2.05, 4.69) is 12.2 Å². The molecule has 92 valence electrons. The fraction of sp³-hybridized carbons (Fsp3) is 0.917. The van der Waals surface area contributed by atoms with Crippen LogP contribution in [0.5, 0.6) is 0 Å². The number of piperidine rings is 1. The molecule has 0 bridgehead atoms. The third-order valence-electron chi connectivity index (χ3n) is 4.05. The van der Waals surface area contributed by atoms with Crippen LogP contribution in [-0.2, 0) is 0 Å². The number of likely N-dealkylation sites (tertiary alicyclic amines) is 1. The van der Waals surface area contributed by atoms with Gasteiger partial charge in [-0.15, -0.1) is 0 Å². The Hall–Kier alpha value is -0.770. The first-order valence-corrected chi connectivity index (χ1v) is 6.49. The van der Waals surface area contributed by atoms with Gasteiger partial charge in [0.15, 0.2) is 0 Å². The van der Waals surface area contributed by atoms with Gasteiger partial charge in [0.1, 0.15) is 0 Å². The van der Waals surface area contributed by atoms with Gasteiger partial charge in [0.25, 0.3) is 0 Å². The van der Waals surface area contributed by atoms with Gasteiger partial charge in [-0.25, -0.2) is 4.79 Å². The summed E-state index contributed by atoms with van der Waals surface area (Å²) in [6, 6.07) is 0.753. The topological polar surface area (TPSA) is 58.4 Å². The lowest BCUT2D eigenvalue weighted by atomic mass is 9.90. The van der Waals surface area contributed by atoms with E-state index in [4.69, 9.17) is 5.73 Å². The number of amides is 2. The molecule has 0 spiro atoms. The number of urea groups is 1. The summed E-state index contributed by atoms with van der Waals surface area (Å²) in [5, 5.41) is 3.10. The van der Waals surface area contributed by atoms with Gasteiger partial charge in [0.2, 0.25) is 0 Å². The van der Waals surface area contributed by atoms with E-state index in [1.54, 1.807) is 0 Å². The first-order chi connectivity index (χ1) is 7.72. The zero-order valence-electron chi connectivity index (χ0n) is 10.1. The molecular formula is C12H23N3O. The largest absolute Gasteiger partial charge is 0.335 e. The summed E-state index contributed by atoms with van der Waals surface area (Å²) >= 11 is 0. The first-order valence-electron chi connectivity index (χ1n) is 6.49. The normalized spacial score (nSPS) is 31.0. The molecule has 0 aromatic rings. The standard InChI is InChI=1S/C12H23N3O/c1-9-4-3-7-15(11(9)8-13)12(16)14-10-5-2-6-10/h9-11H,2-8,13H2,1H3,(H,14,16). The molecule has 1 aliphatic heterocycles. The lowest BCUT2D eigenvalue weighted by Gasteiger charge is -2.40. The fourth-order valence-corrected chi connectivity index (χ4v) is 2.67. The van der Waals surface area contributed by atoms with Crippen molar-refractivity contribution in [3.63, 3.8) is 0 Å². The highest BCUT2D eigenvalue weighted by molar-refractivity contribution is 5.75. The average molecular weight is 225 g/mol. The molecule has 4 heteroatoms. The van der Waals surface area contributed by atoms with E-state index in [-0.39, 0.29) is 12.1 Å². The molecule has 16 heavy (non-hydrogen) atoms. The number of nitrogens with zero attached hydrogens (tertiary/aromatic N) is 1. The van der Waals surface area contributed by atoms with Crippen LogP contribution in [0.1, 0.15) is 39.0 Å². The first kappa shape index (κ1) is 11.7. The Morgan fingerprint density at radius 2 is 2.12 bits per heavy atom. The van der Waals surface area contributed by atoms with Crippen LogP contribution in [0.15, 0.2) is 0 Å². The summed E-state index contributed by atoms with van der Waals surface area (Å²) in [6.45, 7) is 3.64. The molecule has 1 saturated carbocycles. The zero-order valence-corrected chi connectivity index (χ0v) is 10.1. The minimum absolute atomic E-state index is 0.103. The van der Waals surface area contributed by atoms with E-state index in [0.29, 0.717) is 18.5 Å². The van der Waals surface area contributed by atoms with Crippen LogP contribution in [0.25, 0.3) is 0 Å². The van der Waals surface area contributed by atoms with Crippen LogP contribution in [0.2, 0.25) is 0 Å². The van der Waals surface area contributed by atoms with E-state index in [0.717, 1.165) is 25.8 Å². The van der Waals surface area contributed by atoms with Crippen molar-refractivity contribution in [1.29, 1.82) is 0 Å². The Morgan fingerprint density at radius 1 is 1.38 bits per heavy atom. The van der Waals surface area contributed by atoms with Crippen LogP contribution in [0.4, 0.5) is 4.79 Å². The molecular weight excluding hydrogens is 202 g/mol. The van der Waals surface area contributed by atoms with Crippen LogP contribution >= 0.6 is 0 Å². The van der Waals surface area contributed by atoms with Crippen LogP contribution < -0.4 is 11.1 Å². The van der Waals surface area contributed by atoms with Crippen molar-refractivity contribution in [3.05, 3.63) is 0 Å². The van der Waals surface area contributed by atoms with Crippen molar-refractivity contribution >= 4 is 6.03 Å². The number of hydrogen-bond acceptors (Lipinski definition) is 2. The molecule has 2 unspecified atom stereocenters. The highest BCUT2D eigenvalue weighted by Crippen LogP contribution is 2.24. The second-order valence-corrected chi connectivity index (χ2v) is 5.19. The van der Waals surface area contributed by atoms with Gasteiger partial charge in [-0.05, 0) is 38.0 Å². The van der Waals surface area contributed by atoms with E-state index in [1.165, 1.54) is 12.8 Å². The summed E-state index contributed by atoms with van der Waals surface area (Å²) in [6.07, 6.45) is 5.83. The molecule has 4 nitrogen and oxygen atoms in total. The maximum atomic E-state index is 12.1. The molecule has 2 amide bonds. The number of rotatable bonds is 2. The molecule has 2 aliphatic rings. The monoisotopic (exact) mass is 225 g/mol. The van der Waals surface area contributed by atoms with Gasteiger partial charge in [-0.1, -0.05) is 6.92 Å². The number of hydrogen-bond donors (Lipinski definition) is 2.